The molecule has 1 aliphatic rings. The Hall–Kier alpha value is -2.73. The third-order valence-electron chi connectivity index (χ3n) is 5.69. The summed E-state index contributed by atoms with van der Waals surface area (Å²) in [5, 5.41) is 5.28. The fourth-order valence-electron chi connectivity index (χ4n) is 3.77. The van der Waals surface area contributed by atoms with E-state index >= 15 is 0 Å². The van der Waals surface area contributed by atoms with Crippen LogP contribution in [0.5, 0.6) is 0 Å². The number of thiazole rings is 1. The number of anilines is 2. The van der Waals surface area contributed by atoms with Crippen molar-refractivity contribution in [3.63, 3.8) is 0 Å². The second-order valence-electron chi connectivity index (χ2n) is 8.35. The van der Waals surface area contributed by atoms with Crippen LogP contribution in [0.4, 0.5) is 15.6 Å². The number of imide groups is 1. The van der Waals surface area contributed by atoms with Gasteiger partial charge in [0, 0.05) is 31.1 Å². The van der Waals surface area contributed by atoms with Crippen LogP contribution in [0.25, 0.3) is 10.2 Å². The van der Waals surface area contributed by atoms with Gasteiger partial charge < -0.3 is 9.80 Å². The number of rotatable bonds is 5. The van der Waals surface area contributed by atoms with E-state index in [1.54, 1.807) is 18.2 Å². The van der Waals surface area contributed by atoms with Gasteiger partial charge in [-0.05, 0) is 56.9 Å². The summed E-state index contributed by atoms with van der Waals surface area (Å²) in [5.74, 6) is -0.631. The van der Waals surface area contributed by atoms with E-state index < -0.39 is 21.8 Å². The average Bonchev–Trinajstić information content (AvgIpc) is 3.39. The first-order valence-electron chi connectivity index (χ1n) is 10.4. The molecule has 0 radical (unpaired) electrons. The monoisotopic (exact) mass is 537 g/mol. The summed E-state index contributed by atoms with van der Waals surface area (Å²) in [7, 11) is 0.731. The smallest absolute Gasteiger partial charge is 0.327 e. The molecule has 4 rings (SSSR count). The van der Waals surface area contributed by atoms with Gasteiger partial charge >= 0.3 is 6.03 Å². The second kappa shape index (κ2) is 10.5. The van der Waals surface area contributed by atoms with Crippen LogP contribution in [0.3, 0.4) is 0 Å². The van der Waals surface area contributed by atoms with Crippen LogP contribution in [-0.2, 0) is 9.84 Å². The van der Waals surface area contributed by atoms with Crippen LogP contribution in [0.2, 0.25) is 5.02 Å². The lowest BCUT2D eigenvalue weighted by atomic mass is 10.1. The van der Waals surface area contributed by atoms with E-state index in [2.05, 4.69) is 25.4 Å². The molecule has 1 saturated heterocycles. The first-order chi connectivity index (χ1) is 16.0. The number of hydrogen-bond acceptors (Lipinski definition) is 8. The number of nitrogens with one attached hydrogen (secondary N) is 2. The van der Waals surface area contributed by atoms with Crippen LogP contribution >= 0.6 is 22.9 Å². The SMILES string of the molecule is C.CN(C)[C@H]1CCN(c2ccc(Cl)c(C(=O)NC(=O)Nc3nc4ccc(S(C)(=O)=O)cc4s3)c2)C1. The van der Waals surface area contributed by atoms with Crippen LogP contribution in [-0.4, -0.2) is 69.7 Å². The predicted octanol–water partition coefficient (Wildman–Crippen LogP) is 4.09. The van der Waals surface area contributed by atoms with E-state index in [0.29, 0.717) is 16.3 Å². The van der Waals surface area contributed by atoms with E-state index in [1.165, 1.54) is 12.1 Å². The molecule has 0 aliphatic carbocycles. The minimum absolute atomic E-state index is 0. The molecule has 0 unspecified atom stereocenters. The summed E-state index contributed by atoms with van der Waals surface area (Å²) in [6.45, 7) is 1.71. The Bertz CT molecular complexity index is 1370. The van der Waals surface area contributed by atoms with Crippen molar-refractivity contribution >= 4 is 65.7 Å². The number of benzene rings is 2. The number of carbonyl (C=O) groups is 2. The molecule has 12 heteroatoms. The Morgan fingerprint density at radius 2 is 1.94 bits per heavy atom. The molecule has 1 aromatic heterocycles. The van der Waals surface area contributed by atoms with Gasteiger partial charge in [0.15, 0.2) is 15.0 Å². The predicted molar refractivity (Wildman–Crippen MR) is 142 cm³/mol. The number of hydrogen-bond donors (Lipinski definition) is 2. The number of halogens is 1. The Morgan fingerprint density at radius 1 is 1.20 bits per heavy atom. The zero-order valence-electron chi connectivity index (χ0n) is 18.8. The highest BCUT2D eigenvalue weighted by Gasteiger charge is 2.25. The van der Waals surface area contributed by atoms with Crippen LogP contribution in [0, 0.1) is 0 Å². The highest BCUT2D eigenvalue weighted by molar-refractivity contribution is 7.90. The van der Waals surface area contributed by atoms with E-state index in [0.717, 1.165) is 42.8 Å². The number of urea groups is 1. The lowest BCUT2D eigenvalue weighted by Crippen LogP contribution is -2.34. The van der Waals surface area contributed by atoms with Crippen molar-refractivity contribution in [1.29, 1.82) is 0 Å². The van der Waals surface area contributed by atoms with Crippen LogP contribution in [0.15, 0.2) is 41.3 Å². The van der Waals surface area contributed by atoms with Crippen LogP contribution in [0.1, 0.15) is 24.2 Å². The zero-order valence-corrected chi connectivity index (χ0v) is 21.2. The number of sulfone groups is 1. The molecule has 3 amide bonds. The first-order valence-corrected chi connectivity index (χ1v) is 13.5. The summed E-state index contributed by atoms with van der Waals surface area (Å²) < 4.78 is 24.1. The van der Waals surface area contributed by atoms with E-state index in [9.17, 15) is 18.0 Å². The van der Waals surface area contributed by atoms with E-state index in [-0.39, 0.29) is 28.0 Å². The van der Waals surface area contributed by atoms with Gasteiger partial charge in [0.1, 0.15) is 0 Å². The summed E-state index contributed by atoms with van der Waals surface area (Å²) in [6, 6.07) is 9.41. The second-order valence-corrected chi connectivity index (χ2v) is 11.8. The molecule has 1 fully saturated rings. The Labute approximate surface area is 214 Å². The average molecular weight is 538 g/mol. The third-order valence-corrected chi connectivity index (χ3v) is 8.06. The van der Waals surface area contributed by atoms with Crippen molar-refractivity contribution in [2.75, 3.05) is 43.7 Å². The van der Waals surface area contributed by atoms with Gasteiger partial charge in [-0.3, -0.25) is 15.4 Å². The molecule has 1 aliphatic heterocycles. The standard InChI is InChI=1S/C22H24ClN5O4S2.CH4/c1-27(2)14-8-9-28(12-14)13-4-6-17(23)16(10-13)20(29)25-21(30)26-22-24-18-7-5-15(34(3,31)32)11-19(18)33-22;/h4-7,10-11,14H,8-9,12H2,1-3H3,(H2,24,25,26,29,30);1H4/t14-;/m0./s1. The molecule has 188 valence electrons. The van der Waals surface area contributed by atoms with Gasteiger partial charge in [0.25, 0.3) is 5.91 Å². The molecule has 2 aromatic carbocycles. The molecule has 0 saturated carbocycles. The van der Waals surface area contributed by atoms with E-state index in [1.807, 2.05) is 20.2 Å². The van der Waals surface area contributed by atoms with Crippen molar-refractivity contribution < 1.29 is 18.0 Å². The third kappa shape index (κ3) is 6.10. The van der Waals surface area contributed by atoms with Crippen molar-refractivity contribution in [3.8, 4) is 0 Å². The van der Waals surface area contributed by atoms with Gasteiger partial charge in [-0.1, -0.05) is 30.4 Å². The van der Waals surface area contributed by atoms with Crippen molar-refractivity contribution in [3.05, 3.63) is 47.0 Å². The van der Waals surface area contributed by atoms with Gasteiger partial charge in [-0.15, -0.1) is 0 Å². The van der Waals surface area contributed by atoms with Gasteiger partial charge in [-0.2, -0.15) is 0 Å². The fraction of sp³-hybridized carbons (Fsp3) is 0.348. The summed E-state index contributed by atoms with van der Waals surface area (Å²) in [4.78, 5) is 34.0. The van der Waals surface area contributed by atoms with E-state index in [4.69, 9.17) is 11.6 Å². The maximum atomic E-state index is 12.8. The molecule has 3 aromatic rings. The highest BCUT2D eigenvalue weighted by Crippen LogP contribution is 2.29. The Balaban J connectivity index is 0.00000342. The molecule has 2 N–H and O–H groups in total. The number of nitrogens with zero attached hydrogens (tertiary/aromatic N) is 3. The molecule has 9 nitrogen and oxygen atoms in total. The molecular weight excluding hydrogens is 510 g/mol. The molecular formula is C23H28ClN5O4S2. The molecule has 2 heterocycles. The Kier molecular flexibility index (Phi) is 8.05. The fourth-order valence-corrected chi connectivity index (χ4v) is 5.59. The number of fused-ring (bicyclic) bond motifs is 1. The van der Waals surface area contributed by atoms with Gasteiger partial charge in [-0.25, -0.2) is 18.2 Å². The maximum Gasteiger partial charge on any atom is 0.327 e. The van der Waals surface area contributed by atoms with Crippen molar-refractivity contribution in [1.82, 2.24) is 15.2 Å². The minimum Gasteiger partial charge on any atom is -0.370 e. The molecule has 1 atom stereocenters. The number of carbonyl (C=O) groups excluding carboxylic acids is 2. The quantitative estimate of drug-likeness (QED) is 0.504. The Morgan fingerprint density at radius 3 is 2.60 bits per heavy atom. The number of aromatic nitrogens is 1. The summed E-state index contributed by atoms with van der Waals surface area (Å²) >= 11 is 7.36. The number of likely N-dealkylation sites (N-methyl/N-ethyl adjacent to an activating group) is 1. The normalized spacial score (nSPS) is 15.8. The van der Waals surface area contributed by atoms with Crippen molar-refractivity contribution in [2.24, 2.45) is 0 Å². The minimum atomic E-state index is -3.36. The summed E-state index contributed by atoms with van der Waals surface area (Å²) in [6.07, 6.45) is 2.14. The first kappa shape index (κ1) is 26.9. The zero-order chi connectivity index (χ0) is 24.6. The van der Waals surface area contributed by atoms with Crippen LogP contribution < -0.4 is 15.5 Å². The molecule has 35 heavy (non-hydrogen) atoms. The molecule has 0 bridgehead atoms. The highest BCUT2D eigenvalue weighted by atomic mass is 35.5. The van der Waals surface area contributed by atoms with Gasteiger partial charge in [0.05, 0.1) is 25.7 Å². The summed E-state index contributed by atoms with van der Waals surface area (Å²) in [5.41, 5.74) is 1.60. The lowest BCUT2D eigenvalue weighted by Gasteiger charge is -2.22. The topological polar surface area (TPSA) is 112 Å². The molecule has 0 spiro atoms. The lowest BCUT2D eigenvalue weighted by molar-refractivity contribution is 0.0967. The largest absolute Gasteiger partial charge is 0.370 e. The maximum absolute atomic E-state index is 12.8. The van der Waals surface area contributed by atoms with Gasteiger partial charge in [0.2, 0.25) is 0 Å². The number of amides is 3. The van der Waals surface area contributed by atoms with Crippen molar-refractivity contribution in [2.45, 2.75) is 24.8 Å².